The predicted molar refractivity (Wildman–Crippen MR) is 111 cm³/mol. The van der Waals surface area contributed by atoms with Gasteiger partial charge in [0.05, 0.1) is 17.2 Å². The summed E-state index contributed by atoms with van der Waals surface area (Å²) < 4.78 is 10.1. The maximum absolute atomic E-state index is 8.85. The standard InChI is InChI=1S/C23H24N4O2/c1-16-8-10-19(28-13-24)12-20(16)22(3,4)27-15-26-21-11-18(9-7-17(21)2)23(5,6)29-14-25/h7-12H,1-6H3. The van der Waals surface area contributed by atoms with Crippen molar-refractivity contribution in [3.05, 3.63) is 58.7 Å². The molecule has 2 aromatic rings. The number of nitriles is 2. The zero-order valence-electron chi connectivity index (χ0n) is 17.6. The highest BCUT2D eigenvalue weighted by atomic mass is 16.5. The van der Waals surface area contributed by atoms with Gasteiger partial charge in [0.1, 0.15) is 11.4 Å². The summed E-state index contributed by atoms with van der Waals surface area (Å²) in [6.45, 7) is 11.5. The fourth-order valence-corrected chi connectivity index (χ4v) is 2.92. The first-order valence-electron chi connectivity index (χ1n) is 9.13. The Labute approximate surface area is 171 Å². The fraction of sp³-hybridized carbons (Fsp3) is 0.348. The molecule has 0 spiro atoms. The molecule has 29 heavy (non-hydrogen) atoms. The van der Waals surface area contributed by atoms with Crippen molar-refractivity contribution in [2.45, 2.75) is 52.7 Å². The summed E-state index contributed by atoms with van der Waals surface area (Å²) in [5, 5.41) is 17.6. The number of aliphatic imine (C=N–C) groups is 2. The largest absolute Gasteiger partial charge is 0.417 e. The molecule has 2 aromatic carbocycles. The average Bonchev–Trinajstić information content (AvgIpc) is 2.64. The van der Waals surface area contributed by atoms with Crippen molar-refractivity contribution in [1.82, 2.24) is 0 Å². The van der Waals surface area contributed by atoms with Crippen LogP contribution >= 0.6 is 0 Å². The first kappa shape index (κ1) is 21.7. The number of hydrogen-bond acceptors (Lipinski definition) is 6. The van der Waals surface area contributed by atoms with Gasteiger partial charge in [0.2, 0.25) is 0 Å². The van der Waals surface area contributed by atoms with Gasteiger partial charge in [0, 0.05) is 0 Å². The molecule has 0 saturated carbocycles. The molecule has 0 amide bonds. The molecular weight excluding hydrogens is 364 g/mol. The minimum absolute atomic E-state index is 0.469. The van der Waals surface area contributed by atoms with Crippen molar-refractivity contribution in [2.75, 3.05) is 0 Å². The second kappa shape index (κ2) is 8.61. The molecule has 0 unspecified atom stereocenters. The molecule has 0 fully saturated rings. The quantitative estimate of drug-likeness (QED) is 0.473. The van der Waals surface area contributed by atoms with Gasteiger partial charge in [-0.25, -0.2) is 4.99 Å². The van der Waals surface area contributed by atoms with Crippen LogP contribution in [0.1, 0.15) is 49.9 Å². The van der Waals surface area contributed by atoms with Crippen LogP contribution in [0.3, 0.4) is 0 Å². The van der Waals surface area contributed by atoms with Gasteiger partial charge in [0.25, 0.3) is 12.5 Å². The minimum atomic E-state index is -0.749. The summed E-state index contributed by atoms with van der Waals surface area (Å²) in [4.78, 5) is 8.91. The molecule has 2 rings (SSSR count). The van der Waals surface area contributed by atoms with Crippen LogP contribution in [-0.4, -0.2) is 6.01 Å². The van der Waals surface area contributed by atoms with E-state index in [1.165, 1.54) is 0 Å². The van der Waals surface area contributed by atoms with Gasteiger partial charge < -0.3 is 9.47 Å². The van der Waals surface area contributed by atoms with Crippen LogP contribution in [0.4, 0.5) is 5.69 Å². The molecule has 0 atom stereocenters. The first-order valence-corrected chi connectivity index (χ1v) is 9.13. The van der Waals surface area contributed by atoms with E-state index in [2.05, 4.69) is 16.0 Å². The van der Waals surface area contributed by atoms with Gasteiger partial charge in [-0.2, -0.15) is 10.3 Å². The molecule has 0 aliphatic heterocycles. The highest BCUT2D eigenvalue weighted by molar-refractivity contribution is 5.58. The molecule has 0 aromatic heterocycles. The lowest BCUT2D eigenvalue weighted by molar-refractivity contribution is 0.0703. The zero-order valence-corrected chi connectivity index (χ0v) is 17.6. The van der Waals surface area contributed by atoms with Gasteiger partial charge in [0.15, 0.2) is 0 Å². The Morgan fingerprint density at radius 3 is 2.24 bits per heavy atom. The summed E-state index contributed by atoms with van der Waals surface area (Å²) in [5.74, 6) is 0.469. The van der Waals surface area contributed by atoms with Crippen molar-refractivity contribution in [3.63, 3.8) is 0 Å². The van der Waals surface area contributed by atoms with E-state index in [4.69, 9.17) is 20.0 Å². The second-order valence-electron chi connectivity index (χ2n) is 7.76. The number of nitrogens with zero attached hydrogens (tertiary/aromatic N) is 4. The van der Waals surface area contributed by atoms with E-state index in [0.717, 1.165) is 22.3 Å². The number of hydrogen-bond donors (Lipinski definition) is 0. The summed E-state index contributed by atoms with van der Waals surface area (Å²) in [5.41, 5.74) is 3.08. The van der Waals surface area contributed by atoms with Gasteiger partial charge in [-0.15, -0.1) is 5.26 Å². The van der Waals surface area contributed by atoms with Crippen LogP contribution in [0.5, 0.6) is 5.75 Å². The van der Waals surface area contributed by atoms with E-state index in [-0.39, 0.29) is 0 Å². The molecule has 0 radical (unpaired) electrons. The van der Waals surface area contributed by atoms with E-state index in [1.54, 1.807) is 24.6 Å². The van der Waals surface area contributed by atoms with Crippen molar-refractivity contribution >= 4 is 11.7 Å². The number of rotatable bonds is 6. The topological polar surface area (TPSA) is 90.8 Å². The lowest BCUT2D eigenvalue weighted by Crippen LogP contribution is -2.18. The average molecular weight is 388 g/mol. The molecule has 0 saturated heterocycles. The minimum Gasteiger partial charge on any atom is -0.417 e. The van der Waals surface area contributed by atoms with E-state index >= 15 is 0 Å². The molecule has 0 N–H and O–H groups in total. The SMILES string of the molecule is Cc1ccc(C(C)(C)OC#N)cc1N=C=NC(C)(C)c1cc(OC#N)ccc1C. The van der Waals surface area contributed by atoms with Crippen molar-refractivity contribution in [2.24, 2.45) is 9.98 Å². The smallest absolute Gasteiger partial charge is 0.292 e. The second-order valence-corrected chi connectivity index (χ2v) is 7.76. The third-order valence-corrected chi connectivity index (χ3v) is 4.74. The van der Waals surface area contributed by atoms with E-state index in [0.29, 0.717) is 11.4 Å². The predicted octanol–water partition coefficient (Wildman–Crippen LogP) is 5.64. The Bertz CT molecular complexity index is 1050. The lowest BCUT2D eigenvalue weighted by atomic mass is 9.91. The van der Waals surface area contributed by atoms with Gasteiger partial charge >= 0.3 is 0 Å². The fourth-order valence-electron chi connectivity index (χ4n) is 2.92. The Morgan fingerprint density at radius 2 is 1.59 bits per heavy atom. The molecule has 0 aliphatic carbocycles. The maximum Gasteiger partial charge on any atom is 0.292 e. The van der Waals surface area contributed by atoms with Gasteiger partial charge in [-0.3, -0.25) is 0 Å². The summed E-state index contributed by atoms with van der Waals surface area (Å²) in [6, 6.07) is 14.0. The molecule has 0 bridgehead atoms. The Kier molecular flexibility index (Phi) is 6.44. The number of benzene rings is 2. The van der Waals surface area contributed by atoms with E-state index < -0.39 is 11.1 Å². The summed E-state index contributed by atoms with van der Waals surface area (Å²) in [7, 11) is 0. The van der Waals surface area contributed by atoms with E-state index in [1.807, 2.05) is 65.8 Å². The molecule has 6 nitrogen and oxygen atoms in total. The zero-order chi connectivity index (χ0) is 21.7. The van der Waals surface area contributed by atoms with Crippen LogP contribution in [0.25, 0.3) is 0 Å². The van der Waals surface area contributed by atoms with Crippen LogP contribution in [0, 0.1) is 36.9 Å². The van der Waals surface area contributed by atoms with Gasteiger partial charge in [-0.05, 0) is 82.0 Å². The van der Waals surface area contributed by atoms with Crippen LogP contribution < -0.4 is 4.74 Å². The molecule has 0 heterocycles. The van der Waals surface area contributed by atoms with Crippen molar-refractivity contribution in [3.8, 4) is 18.3 Å². The Morgan fingerprint density at radius 1 is 0.897 bits per heavy atom. The number of ether oxygens (including phenoxy) is 2. The molecule has 148 valence electrons. The van der Waals surface area contributed by atoms with Crippen LogP contribution in [0.15, 0.2) is 46.4 Å². The summed E-state index contributed by atoms with van der Waals surface area (Å²) in [6.07, 6.45) is 3.43. The lowest BCUT2D eigenvalue weighted by Gasteiger charge is -2.22. The molecular formula is C23H24N4O2. The third-order valence-electron chi connectivity index (χ3n) is 4.74. The monoisotopic (exact) mass is 388 g/mol. The van der Waals surface area contributed by atoms with Crippen LogP contribution in [0.2, 0.25) is 0 Å². The maximum atomic E-state index is 8.85. The first-order chi connectivity index (χ1) is 13.6. The summed E-state index contributed by atoms with van der Waals surface area (Å²) >= 11 is 0. The van der Waals surface area contributed by atoms with Crippen LogP contribution in [-0.2, 0) is 15.9 Å². The van der Waals surface area contributed by atoms with Crippen molar-refractivity contribution in [1.29, 1.82) is 10.5 Å². The van der Waals surface area contributed by atoms with Gasteiger partial charge in [-0.1, -0.05) is 18.2 Å². The third kappa shape index (κ3) is 5.23. The number of aryl methyl sites for hydroxylation is 2. The molecule has 0 aliphatic rings. The Hall–Kier alpha value is -3.60. The normalized spacial score (nSPS) is 10.9. The van der Waals surface area contributed by atoms with Crippen molar-refractivity contribution < 1.29 is 9.47 Å². The molecule has 6 heteroatoms. The Balaban J connectivity index is 2.40. The van der Waals surface area contributed by atoms with E-state index in [9.17, 15) is 0 Å². The highest BCUT2D eigenvalue weighted by Crippen LogP contribution is 2.32. The highest BCUT2D eigenvalue weighted by Gasteiger charge is 2.24.